The summed E-state index contributed by atoms with van der Waals surface area (Å²) in [6.45, 7) is 2.84. The van der Waals surface area contributed by atoms with E-state index >= 15 is 0 Å². The van der Waals surface area contributed by atoms with E-state index < -0.39 is 0 Å². The monoisotopic (exact) mass is 277 g/mol. The molecule has 4 nitrogen and oxygen atoms in total. The molecule has 2 aromatic rings. The second-order valence-corrected chi connectivity index (χ2v) is 4.44. The number of aromatic nitrogens is 2. The van der Waals surface area contributed by atoms with Crippen LogP contribution in [0.3, 0.4) is 0 Å². The Balaban J connectivity index is 2.47. The number of halogens is 1. The summed E-state index contributed by atoms with van der Waals surface area (Å²) in [5.41, 5.74) is 1.79. The van der Waals surface area contributed by atoms with Crippen LogP contribution < -0.4 is 10.1 Å². The zero-order chi connectivity index (χ0) is 13.7. The maximum absolute atomic E-state index is 6.09. The molecule has 0 aliphatic heterocycles. The molecule has 2 rings (SSSR count). The van der Waals surface area contributed by atoms with Crippen LogP contribution >= 0.6 is 11.6 Å². The van der Waals surface area contributed by atoms with Crippen LogP contribution in [0.15, 0.2) is 36.8 Å². The van der Waals surface area contributed by atoms with Gasteiger partial charge in [0.25, 0.3) is 0 Å². The Bertz CT molecular complexity index is 533. The van der Waals surface area contributed by atoms with Gasteiger partial charge in [0.15, 0.2) is 0 Å². The molecule has 0 fully saturated rings. The standard InChI is InChI=1S/C14H16ClN3O/c1-3-17-14(12-9-16-6-7-18-12)11-8-10(15)4-5-13(11)19-2/h4-9,14,17H,3H2,1-2H3. The quantitative estimate of drug-likeness (QED) is 0.913. The summed E-state index contributed by atoms with van der Waals surface area (Å²) in [6.07, 6.45) is 5.08. The lowest BCUT2D eigenvalue weighted by atomic mass is 10.0. The van der Waals surface area contributed by atoms with E-state index in [2.05, 4.69) is 15.3 Å². The minimum Gasteiger partial charge on any atom is -0.496 e. The first-order valence-electron chi connectivity index (χ1n) is 6.09. The molecule has 0 amide bonds. The lowest BCUT2D eigenvalue weighted by molar-refractivity contribution is 0.403. The fourth-order valence-corrected chi connectivity index (χ4v) is 2.15. The van der Waals surface area contributed by atoms with E-state index in [9.17, 15) is 0 Å². The summed E-state index contributed by atoms with van der Waals surface area (Å²) in [5.74, 6) is 0.779. The van der Waals surface area contributed by atoms with Crippen LogP contribution in [0.5, 0.6) is 5.75 Å². The third kappa shape index (κ3) is 3.22. The first-order valence-corrected chi connectivity index (χ1v) is 6.46. The molecule has 1 aromatic heterocycles. The number of rotatable bonds is 5. The van der Waals surface area contributed by atoms with Gasteiger partial charge in [-0.3, -0.25) is 9.97 Å². The van der Waals surface area contributed by atoms with Gasteiger partial charge in [0.2, 0.25) is 0 Å². The van der Waals surface area contributed by atoms with Crippen molar-refractivity contribution in [2.24, 2.45) is 0 Å². The van der Waals surface area contributed by atoms with Crippen LogP contribution in [-0.4, -0.2) is 23.6 Å². The van der Waals surface area contributed by atoms with Gasteiger partial charge in [-0.2, -0.15) is 0 Å². The number of benzene rings is 1. The number of methoxy groups -OCH3 is 1. The topological polar surface area (TPSA) is 47.0 Å². The van der Waals surface area contributed by atoms with E-state index in [0.717, 1.165) is 23.6 Å². The van der Waals surface area contributed by atoms with Crippen LogP contribution in [0.1, 0.15) is 24.2 Å². The summed E-state index contributed by atoms with van der Waals surface area (Å²) >= 11 is 6.09. The number of hydrogen-bond donors (Lipinski definition) is 1. The van der Waals surface area contributed by atoms with E-state index in [1.54, 1.807) is 25.7 Å². The van der Waals surface area contributed by atoms with Gasteiger partial charge in [-0.1, -0.05) is 18.5 Å². The Hall–Kier alpha value is -1.65. The molecule has 1 aromatic carbocycles. The maximum Gasteiger partial charge on any atom is 0.124 e. The summed E-state index contributed by atoms with van der Waals surface area (Å²) < 4.78 is 5.40. The van der Waals surface area contributed by atoms with Crippen LogP contribution in [0.4, 0.5) is 0 Å². The van der Waals surface area contributed by atoms with Crippen LogP contribution in [0.25, 0.3) is 0 Å². The Labute approximate surface area is 117 Å². The number of ether oxygens (including phenoxy) is 1. The molecular weight excluding hydrogens is 262 g/mol. The van der Waals surface area contributed by atoms with Crippen molar-refractivity contribution in [2.45, 2.75) is 13.0 Å². The van der Waals surface area contributed by atoms with Gasteiger partial charge in [0.05, 0.1) is 25.0 Å². The zero-order valence-corrected chi connectivity index (χ0v) is 11.7. The van der Waals surface area contributed by atoms with E-state index in [0.29, 0.717) is 5.02 Å². The van der Waals surface area contributed by atoms with E-state index in [-0.39, 0.29) is 6.04 Å². The molecule has 0 saturated carbocycles. The summed E-state index contributed by atoms with van der Waals surface area (Å²) in [7, 11) is 1.65. The highest BCUT2D eigenvalue weighted by Crippen LogP contribution is 2.31. The molecule has 0 aliphatic rings. The molecule has 1 unspecified atom stereocenters. The van der Waals surface area contributed by atoms with Crippen molar-refractivity contribution in [3.8, 4) is 5.75 Å². The van der Waals surface area contributed by atoms with Gasteiger partial charge in [0, 0.05) is 23.0 Å². The SMILES string of the molecule is CCNC(c1cnccn1)c1cc(Cl)ccc1OC. The van der Waals surface area contributed by atoms with Gasteiger partial charge in [-0.15, -0.1) is 0 Å². The van der Waals surface area contributed by atoms with Gasteiger partial charge in [-0.25, -0.2) is 0 Å². The van der Waals surface area contributed by atoms with Crippen LogP contribution in [-0.2, 0) is 0 Å². The Kier molecular flexibility index (Phi) is 4.71. The molecule has 19 heavy (non-hydrogen) atoms. The van der Waals surface area contributed by atoms with Gasteiger partial charge in [0.1, 0.15) is 5.75 Å². The summed E-state index contributed by atoms with van der Waals surface area (Å²) in [6, 6.07) is 5.47. The third-order valence-electron chi connectivity index (χ3n) is 2.79. The predicted molar refractivity (Wildman–Crippen MR) is 75.6 cm³/mol. The molecule has 0 bridgehead atoms. The molecule has 0 saturated heterocycles. The van der Waals surface area contributed by atoms with E-state index in [1.165, 1.54) is 0 Å². The first-order chi connectivity index (χ1) is 9.26. The highest BCUT2D eigenvalue weighted by atomic mass is 35.5. The molecule has 1 N–H and O–H groups in total. The van der Waals surface area contributed by atoms with Gasteiger partial charge < -0.3 is 10.1 Å². The lowest BCUT2D eigenvalue weighted by Crippen LogP contribution is -2.23. The van der Waals surface area contributed by atoms with Crippen molar-refractivity contribution < 1.29 is 4.74 Å². The highest BCUT2D eigenvalue weighted by molar-refractivity contribution is 6.30. The summed E-state index contributed by atoms with van der Waals surface area (Å²) in [5, 5.41) is 4.05. The number of nitrogens with zero attached hydrogens (tertiary/aromatic N) is 2. The Morgan fingerprint density at radius 2 is 2.21 bits per heavy atom. The van der Waals surface area contributed by atoms with Crippen molar-refractivity contribution in [1.29, 1.82) is 0 Å². The van der Waals surface area contributed by atoms with E-state index in [4.69, 9.17) is 16.3 Å². The van der Waals surface area contributed by atoms with Crippen molar-refractivity contribution >= 4 is 11.6 Å². The number of nitrogens with one attached hydrogen (secondary N) is 1. The second kappa shape index (κ2) is 6.50. The molecule has 100 valence electrons. The lowest BCUT2D eigenvalue weighted by Gasteiger charge is -2.20. The predicted octanol–water partition coefficient (Wildman–Crippen LogP) is 2.84. The largest absolute Gasteiger partial charge is 0.496 e. The fourth-order valence-electron chi connectivity index (χ4n) is 1.97. The molecule has 0 aliphatic carbocycles. The summed E-state index contributed by atoms with van der Waals surface area (Å²) in [4.78, 5) is 8.47. The normalized spacial score (nSPS) is 12.2. The maximum atomic E-state index is 6.09. The molecule has 1 heterocycles. The Morgan fingerprint density at radius 3 is 2.84 bits per heavy atom. The van der Waals surface area contributed by atoms with Gasteiger partial charge >= 0.3 is 0 Å². The van der Waals surface area contributed by atoms with Crippen molar-refractivity contribution in [1.82, 2.24) is 15.3 Å². The zero-order valence-electron chi connectivity index (χ0n) is 10.9. The Morgan fingerprint density at radius 1 is 1.37 bits per heavy atom. The van der Waals surface area contributed by atoms with Crippen LogP contribution in [0, 0.1) is 0 Å². The average Bonchev–Trinajstić information content (AvgIpc) is 2.45. The highest BCUT2D eigenvalue weighted by Gasteiger charge is 2.19. The molecule has 5 heteroatoms. The van der Waals surface area contributed by atoms with Crippen molar-refractivity contribution in [3.63, 3.8) is 0 Å². The second-order valence-electron chi connectivity index (χ2n) is 4.01. The molecule has 0 spiro atoms. The minimum atomic E-state index is -0.0904. The van der Waals surface area contributed by atoms with Crippen molar-refractivity contribution in [3.05, 3.63) is 53.1 Å². The van der Waals surface area contributed by atoms with E-state index in [1.807, 2.05) is 25.1 Å². The molecular formula is C14H16ClN3O. The molecule has 0 radical (unpaired) electrons. The number of hydrogen-bond acceptors (Lipinski definition) is 4. The molecule has 1 atom stereocenters. The fraction of sp³-hybridized carbons (Fsp3) is 0.286. The van der Waals surface area contributed by atoms with Crippen LogP contribution in [0.2, 0.25) is 5.02 Å². The van der Waals surface area contributed by atoms with Gasteiger partial charge in [-0.05, 0) is 24.7 Å². The minimum absolute atomic E-state index is 0.0904. The average molecular weight is 278 g/mol. The van der Waals surface area contributed by atoms with Crippen molar-refractivity contribution in [2.75, 3.05) is 13.7 Å². The smallest absolute Gasteiger partial charge is 0.124 e. The first kappa shape index (κ1) is 13.8. The third-order valence-corrected chi connectivity index (χ3v) is 3.03.